The van der Waals surface area contributed by atoms with Gasteiger partial charge in [0, 0.05) is 6.42 Å². The van der Waals surface area contributed by atoms with Gasteiger partial charge in [0.25, 0.3) is 7.82 Å². The number of nitrogens with one attached hydrogen (secondary N) is 1. The summed E-state index contributed by atoms with van der Waals surface area (Å²) in [7, 11) is 1.24. The van der Waals surface area contributed by atoms with Gasteiger partial charge in [-0.25, -0.2) is 0 Å². The van der Waals surface area contributed by atoms with Gasteiger partial charge in [-0.3, -0.25) is 9.36 Å². The van der Waals surface area contributed by atoms with Crippen LogP contribution in [0.1, 0.15) is 200 Å². The molecule has 0 radical (unpaired) electrons. The number of quaternary nitrogens is 1. The molecule has 0 aromatic rings. The van der Waals surface area contributed by atoms with Crippen molar-refractivity contribution in [3.63, 3.8) is 0 Å². The number of allylic oxidation sites excluding steroid dienone is 3. The van der Waals surface area contributed by atoms with Gasteiger partial charge in [0.05, 0.1) is 39.9 Å². The van der Waals surface area contributed by atoms with Gasteiger partial charge >= 0.3 is 0 Å². The van der Waals surface area contributed by atoms with Crippen LogP contribution >= 0.6 is 7.82 Å². The highest BCUT2D eigenvalue weighted by molar-refractivity contribution is 7.45. The SMILES string of the molecule is CCCCCCCCCCCCCCCCCCCCCCC/C=C/CC/C=C/C(O)C(COP(=O)([O-])OCC[N+](C)(C)C)NC(=O)CCCCCC. The number of amides is 1. The lowest BCUT2D eigenvalue weighted by Crippen LogP contribution is -2.45. The lowest BCUT2D eigenvalue weighted by molar-refractivity contribution is -0.870. The van der Waals surface area contributed by atoms with E-state index in [1.54, 1.807) is 6.08 Å². The Bertz CT molecular complexity index is 922. The molecule has 2 N–H and O–H groups in total. The van der Waals surface area contributed by atoms with Crippen LogP contribution in [0.25, 0.3) is 0 Å². The van der Waals surface area contributed by atoms with E-state index in [1.165, 1.54) is 135 Å². The van der Waals surface area contributed by atoms with Gasteiger partial charge in [-0.2, -0.15) is 0 Å². The summed E-state index contributed by atoms with van der Waals surface area (Å²) in [6.07, 6.45) is 43.1. The number of hydrogen-bond donors (Lipinski definition) is 2. The van der Waals surface area contributed by atoms with Crippen molar-refractivity contribution >= 4 is 13.7 Å². The van der Waals surface area contributed by atoms with Crippen LogP contribution in [0.3, 0.4) is 0 Å². The van der Waals surface area contributed by atoms with Gasteiger partial charge < -0.3 is 28.8 Å². The van der Waals surface area contributed by atoms with Crippen LogP contribution in [0.4, 0.5) is 0 Å². The van der Waals surface area contributed by atoms with Crippen LogP contribution in [0.2, 0.25) is 0 Å². The van der Waals surface area contributed by atoms with E-state index in [1.807, 2.05) is 27.2 Å². The first kappa shape index (κ1) is 52.0. The highest BCUT2D eigenvalue weighted by atomic mass is 31.2. The van der Waals surface area contributed by atoms with Gasteiger partial charge in [-0.1, -0.05) is 186 Å². The van der Waals surface area contributed by atoms with Crippen molar-refractivity contribution in [2.45, 2.75) is 212 Å². The number of carbonyl (C=O) groups is 1. The molecule has 0 aliphatic rings. The first-order valence-electron chi connectivity index (χ1n) is 22.2. The largest absolute Gasteiger partial charge is 0.756 e. The smallest absolute Gasteiger partial charge is 0.268 e. The molecule has 0 fully saturated rings. The van der Waals surface area contributed by atoms with Gasteiger partial charge in [0.1, 0.15) is 13.2 Å². The van der Waals surface area contributed by atoms with Gasteiger partial charge in [0.15, 0.2) is 0 Å². The summed E-state index contributed by atoms with van der Waals surface area (Å²) in [6.45, 7) is 4.50. The molecule has 1 amide bonds. The summed E-state index contributed by atoms with van der Waals surface area (Å²) in [5, 5.41) is 13.6. The van der Waals surface area contributed by atoms with E-state index in [0.717, 1.165) is 44.9 Å². The maximum atomic E-state index is 12.5. The zero-order valence-electron chi connectivity index (χ0n) is 35.5. The average Bonchev–Trinajstić information content (AvgIpc) is 3.10. The molecule has 0 aliphatic carbocycles. The Labute approximate surface area is 328 Å². The second-order valence-electron chi connectivity index (χ2n) is 16.4. The monoisotopic (exact) mass is 771 g/mol. The minimum absolute atomic E-state index is 0.00564. The van der Waals surface area contributed by atoms with E-state index in [0.29, 0.717) is 17.4 Å². The summed E-state index contributed by atoms with van der Waals surface area (Å²) < 4.78 is 22.9. The molecule has 0 heterocycles. The lowest BCUT2D eigenvalue weighted by Gasteiger charge is -2.29. The van der Waals surface area contributed by atoms with Crippen LogP contribution < -0.4 is 10.2 Å². The zero-order valence-corrected chi connectivity index (χ0v) is 36.4. The van der Waals surface area contributed by atoms with Gasteiger partial charge in [-0.05, 0) is 32.1 Å². The predicted molar refractivity (Wildman–Crippen MR) is 224 cm³/mol. The maximum Gasteiger partial charge on any atom is 0.268 e. The molecule has 8 nitrogen and oxygen atoms in total. The van der Waals surface area contributed by atoms with Gasteiger partial charge in [0.2, 0.25) is 5.91 Å². The first-order valence-corrected chi connectivity index (χ1v) is 23.7. The van der Waals surface area contributed by atoms with E-state index in [-0.39, 0.29) is 12.5 Å². The van der Waals surface area contributed by atoms with E-state index in [2.05, 4.69) is 31.3 Å². The Morgan fingerprint density at radius 3 is 1.53 bits per heavy atom. The molecule has 0 aromatic carbocycles. The molecular weight excluding hydrogens is 683 g/mol. The van der Waals surface area contributed by atoms with Crippen molar-refractivity contribution in [2.24, 2.45) is 0 Å². The molecule has 0 saturated carbocycles. The number of likely N-dealkylation sites (N-methyl/N-ethyl adjacent to an activating group) is 1. The average molecular weight is 771 g/mol. The number of rotatable bonds is 40. The van der Waals surface area contributed by atoms with Crippen LogP contribution in [-0.4, -0.2) is 68.5 Å². The summed E-state index contributed by atoms with van der Waals surface area (Å²) in [4.78, 5) is 24.9. The topological polar surface area (TPSA) is 108 Å². The summed E-state index contributed by atoms with van der Waals surface area (Å²) >= 11 is 0. The third-order valence-electron chi connectivity index (χ3n) is 9.91. The van der Waals surface area contributed by atoms with Crippen molar-refractivity contribution < 1.29 is 32.9 Å². The number of hydrogen-bond acceptors (Lipinski definition) is 6. The number of aliphatic hydroxyl groups is 1. The number of phosphoric ester groups is 1. The molecule has 314 valence electrons. The Kier molecular flexibility index (Phi) is 35.9. The molecule has 0 bridgehead atoms. The highest BCUT2D eigenvalue weighted by Gasteiger charge is 2.23. The van der Waals surface area contributed by atoms with Crippen LogP contribution in [0.15, 0.2) is 24.3 Å². The fourth-order valence-electron chi connectivity index (χ4n) is 6.34. The maximum absolute atomic E-state index is 12.5. The third-order valence-corrected chi connectivity index (χ3v) is 10.9. The molecule has 53 heavy (non-hydrogen) atoms. The molecular formula is C44H87N2O6P. The number of aliphatic hydroxyl groups excluding tert-OH is 1. The second kappa shape index (κ2) is 36.6. The standard InChI is InChI=1S/C44H87N2O6P/c1-6-8-10-12-13-14-15-16-17-18-19-20-21-22-23-24-25-26-27-28-29-30-31-32-33-34-35-37-43(47)42(45-44(48)38-36-11-9-7-2)41-52-53(49,50)51-40-39-46(3,4)5/h31-32,35,37,42-43,47H,6-30,33-34,36,38-41H2,1-5H3,(H-,45,48,49,50)/b32-31+,37-35+. The van der Waals surface area contributed by atoms with E-state index < -0.39 is 26.6 Å². The molecule has 0 aliphatic heterocycles. The van der Waals surface area contributed by atoms with Crippen molar-refractivity contribution in [3.05, 3.63) is 24.3 Å². The van der Waals surface area contributed by atoms with Crippen molar-refractivity contribution in [2.75, 3.05) is 40.9 Å². The Balaban J connectivity index is 4.03. The number of unbranched alkanes of at least 4 members (excludes halogenated alkanes) is 25. The molecule has 9 heteroatoms. The minimum atomic E-state index is -4.57. The number of nitrogens with zero attached hydrogens (tertiary/aromatic N) is 1. The fraction of sp³-hybridized carbons (Fsp3) is 0.886. The fourth-order valence-corrected chi connectivity index (χ4v) is 7.07. The molecule has 0 spiro atoms. The third kappa shape index (κ3) is 39.0. The molecule has 0 aromatic heterocycles. The first-order chi connectivity index (χ1) is 25.5. The van der Waals surface area contributed by atoms with Gasteiger partial charge in [-0.15, -0.1) is 0 Å². The number of phosphoric acid groups is 1. The normalized spacial score (nSPS) is 14.6. The Morgan fingerprint density at radius 2 is 1.06 bits per heavy atom. The Morgan fingerprint density at radius 1 is 0.642 bits per heavy atom. The van der Waals surface area contributed by atoms with Crippen LogP contribution in [0, 0.1) is 0 Å². The van der Waals surface area contributed by atoms with E-state index in [9.17, 15) is 19.4 Å². The van der Waals surface area contributed by atoms with Crippen molar-refractivity contribution in [1.29, 1.82) is 0 Å². The number of carbonyl (C=O) groups excluding carboxylic acids is 1. The second-order valence-corrected chi connectivity index (χ2v) is 17.8. The predicted octanol–water partition coefficient (Wildman–Crippen LogP) is 11.5. The van der Waals surface area contributed by atoms with Crippen molar-refractivity contribution in [1.82, 2.24) is 5.32 Å². The van der Waals surface area contributed by atoms with Crippen molar-refractivity contribution in [3.8, 4) is 0 Å². The molecule has 0 saturated heterocycles. The zero-order chi connectivity index (χ0) is 39.3. The van der Waals surface area contributed by atoms with E-state index >= 15 is 0 Å². The van der Waals surface area contributed by atoms with E-state index in [4.69, 9.17) is 9.05 Å². The highest BCUT2D eigenvalue weighted by Crippen LogP contribution is 2.38. The molecule has 3 unspecified atom stereocenters. The summed E-state index contributed by atoms with van der Waals surface area (Å²) in [6, 6.07) is -0.895. The Hall–Kier alpha value is -1.02. The summed E-state index contributed by atoms with van der Waals surface area (Å²) in [5.74, 6) is -0.225. The van der Waals surface area contributed by atoms with Crippen LogP contribution in [0.5, 0.6) is 0 Å². The molecule has 3 atom stereocenters. The minimum Gasteiger partial charge on any atom is -0.756 e. The molecule has 0 rings (SSSR count). The van der Waals surface area contributed by atoms with Crippen LogP contribution in [-0.2, 0) is 18.4 Å². The lowest BCUT2D eigenvalue weighted by atomic mass is 10.0. The summed E-state index contributed by atoms with van der Waals surface area (Å²) in [5.41, 5.74) is 0. The quantitative estimate of drug-likeness (QED) is 0.0278.